The summed E-state index contributed by atoms with van der Waals surface area (Å²) in [7, 11) is 0. The largest absolute Gasteiger partial charge is 0.480 e. The van der Waals surface area contributed by atoms with Gasteiger partial charge in [0, 0.05) is 13.1 Å². The predicted octanol–water partition coefficient (Wildman–Crippen LogP) is -2.94. The number of carboxylic acid groups (broad SMARTS) is 1. The molecule has 1 aliphatic heterocycles. The van der Waals surface area contributed by atoms with Gasteiger partial charge in [0.15, 0.2) is 5.96 Å². The van der Waals surface area contributed by atoms with Crippen LogP contribution in [0.2, 0.25) is 0 Å². The Morgan fingerprint density at radius 3 is 2.38 bits per heavy atom. The molecule has 13 nitrogen and oxygen atoms in total. The molecule has 1 aliphatic rings. The van der Waals surface area contributed by atoms with Crippen LogP contribution in [0.5, 0.6) is 0 Å². The van der Waals surface area contributed by atoms with Gasteiger partial charge in [-0.25, -0.2) is 4.79 Å². The number of hydrogen-bond acceptors (Lipinski definition) is 7. The van der Waals surface area contributed by atoms with Crippen molar-refractivity contribution >= 4 is 29.7 Å². The molecule has 182 valence electrons. The lowest BCUT2D eigenvalue weighted by Gasteiger charge is -2.30. The number of guanidine groups is 1. The highest BCUT2D eigenvalue weighted by atomic mass is 16.4. The summed E-state index contributed by atoms with van der Waals surface area (Å²) in [5, 5.41) is 23.4. The molecular formula is C19H35N7O6. The summed E-state index contributed by atoms with van der Waals surface area (Å²) >= 11 is 0. The Labute approximate surface area is 186 Å². The lowest BCUT2D eigenvalue weighted by atomic mass is 10.0. The summed E-state index contributed by atoms with van der Waals surface area (Å²) in [6.45, 7) is 3.25. The van der Waals surface area contributed by atoms with Crippen LogP contribution in [0.3, 0.4) is 0 Å². The number of hydrogen-bond donors (Lipinski definition) is 7. The van der Waals surface area contributed by atoms with E-state index >= 15 is 0 Å². The van der Waals surface area contributed by atoms with Crippen molar-refractivity contribution in [3.63, 3.8) is 0 Å². The molecule has 0 radical (unpaired) electrons. The molecule has 13 heteroatoms. The van der Waals surface area contributed by atoms with E-state index in [0.717, 1.165) is 0 Å². The molecule has 1 saturated heterocycles. The van der Waals surface area contributed by atoms with Crippen molar-refractivity contribution in [1.29, 1.82) is 0 Å². The first-order valence-corrected chi connectivity index (χ1v) is 10.5. The second-order valence-electron chi connectivity index (χ2n) is 8.06. The predicted molar refractivity (Wildman–Crippen MR) is 116 cm³/mol. The van der Waals surface area contributed by atoms with E-state index in [-0.39, 0.29) is 31.4 Å². The number of rotatable bonds is 12. The Morgan fingerprint density at radius 2 is 1.84 bits per heavy atom. The number of nitrogens with two attached hydrogens (primary N) is 3. The van der Waals surface area contributed by atoms with Gasteiger partial charge in [0.05, 0.1) is 6.61 Å². The van der Waals surface area contributed by atoms with Crippen molar-refractivity contribution in [2.75, 3.05) is 19.7 Å². The summed E-state index contributed by atoms with van der Waals surface area (Å²) in [4.78, 5) is 54.8. The third kappa shape index (κ3) is 7.96. The van der Waals surface area contributed by atoms with Crippen LogP contribution >= 0.6 is 0 Å². The van der Waals surface area contributed by atoms with Crippen LogP contribution in [0.25, 0.3) is 0 Å². The molecule has 4 unspecified atom stereocenters. The Hall–Kier alpha value is -2.93. The van der Waals surface area contributed by atoms with Gasteiger partial charge in [-0.05, 0) is 31.6 Å². The number of nitrogens with one attached hydrogen (secondary N) is 2. The Morgan fingerprint density at radius 1 is 1.19 bits per heavy atom. The van der Waals surface area contributed by atoms with Crippen molar-refractivity contribution in [2.45, 2.75) is 63.7 Å². The van der Waals surface area contributed by atoms with Gasteiger partial charge >= 0.3 is 5.97 Å². The van der Waals surface area contributed by atoms with E-state index in [1.165, 1.54) is 4.90 Å². The first-order chi connectivity index (χ1) is 15.0. The molecule has 0 saturated carbocycles. The van der Waals surface area contributed by atoms with Crippen molar-refractivity contribution in [3.05, 3.63) is 0 Å². The van der Waals surface area contributed by atoms with Crippen LogP contribution < -0.4 is 27.8 Å². The SMILES string of the molecule is CC(C)C(NC(=O)C1CCCN1C(=O)C(CCCN=C(N)N)NC(=O)C(N)CO)C(=O)O. The molecule has 1 heterocycles. The number of likely N-dealkylation sites (tertiary alicyclic amines) is 1. The standard InChI is InChI=1S/C19H35N7O6/c1-10(2)14(18(31)32)25-16(29)13-6-4-8-26(13)17(30)12(5-3-7-23-19(21)22)24-15(28)11(20)9-27/h10-14,27H,3-9,20H2,1-2H3,(H,24,28)(H,25,29)(H,31,32)(H4,21,22,23). The number of amides is 3. The molecule has 0 aromatic carbocycles. The summed E-state index contributed by atoms with van der Waals surface area (Å²) in [6.07, 6.45) is 1.46. The molecule has 32 heavy (non-hydrogen) atoms. The fourth-order valence-electron chi connectivity index (χ4n) is 3.39. The zero-order valence-corrected chi connectivity index (χ0v) is 18.5. The number of carbonyl (C=O) groups is 4. The van der Waals surface area contributed by atoms with Crippen molar-refractivity contribution in [3.8, 4) is 0 Å². The van der Waals surface area contributed by atoms with Gasteiger partial charge in [-0.1, -0.05) is 13.8 Å². The minimum absolute atomic E-state index is 0.103. The molecule has 4 atom stereocenters. The third-order valence-corrected chi connectivity index (χ3v) is 5.16. The second kappa shape index (κ2) is 12.8. The topological polar surface area (TPSA) is 226 Å². The highest BCUT2D eigenvalue weighted by Crippen LogP contribution is 2.20. The quantitative estimate of drug-likeness (QED) is 0.0902. The zero-order valence-electron chi connectivity index (χ0n) is 18.5. The van der Waals surface area contributed by atoms with Crippen LogP contribution in [0, 0.1) is 5.92 Å². The first-order valence-electron chi connectivity index (χ1n) is 10.5. The van der Waals surface area contributed by atoms with Crippen molar-refractivity contribution in [2.24, 2.45) is 28.1 Å². The lowest BCUT2D eigenvalue weighted by molar-refractivity contribution is -0.145. The highest BCUT2D eigenvalue weighted by Gasteiger charge is 2.39. The van der Waals surface area contributed by atoms with Crippen molar-refractivity contribution in [1.82, 2.24) is 15.5 Å². The summed E-state index contributed by atoms with van der Waals surface area (Å²) < 4.78 is 0. The molecule has 3 amide bonds. The number of aliphatic carboxylic acids is 1. The number of carboxylic acids is 1. The molecule has 0 spiro atoms. The fourth-order valence-corrected chi connectivity index (χ4v) is 3.39. The number of aliphatic hydroxyl groups is 1. The van der Waals surface area contributed by atoms with Crippen LogP contribution in [0.4, 0.5) is 0 Å². The highest BCUT2D eigenvalue weighted by molar-refractivity contribution is 5.94. The van der Waals surface area contributed by atoms with Crippen LogP contribution in [0.15, 0.2) is 4.99 Å². The molecule has 10 N–H and O–H groups in total. The summed E-state index contributed by atoms with van der Waals surface area (Å²) in [5.41, 5.74) is 16.1. The normalized spacial score (nSPS) is 18.5. The minimum atomic E-state index is -1.21. The van der Waals surface area contributed by atoms with Crippen molar-refractivity contribution < 1.29 is 29.4 Å². The maximum atomic E-state index is 13.2. The van der Waals surface area contributed by atoms with Crippen LogP contribution in [-0.4, -0.2) is 88.6 Å². The number of aliphatic hydroxyl groups excluding tert-OH is 1. The van der Waals surface area contributed by atoms with E-state index in [9.17, 15) is 24.3 Å². The summed E-state index contributed by atoms with van der Waals surface area (Å²) in [5.74, 6) is -3.37. The number of aliphatic imine (C=N–C) groups is 1. The van der Waals surface area contributed by atoms with E-state index in [2.05, 4.69) is 15.6 Å². The molecule has 0 bridgehead atoms. The lowest BCUT2D eigenvalue weighted by Crippen LogP contribution is -2.57. The van der Waals surface area contributed by atoms with E-state index in [1.54, 1.807) is 13.8 Å². The molecular weight excluding hydrogens is 422 g/mol. The van der Waals surface area contributed by atoms with Gasteiger partial charge in [0.25, 0.3) is 0 Å². The Kier molecular flexibility index (Phi) is 10.9. The Bertz CT molecular complexity index is 710. The third-order valence-electron chi connectivity index (χ3n) is 5.16. The van der Waals surface area contributed by atoms with Gasteiger partial charge < -0.3 is 42.9 Å². The van der Waals surface area contributed by atoms with Gasteiger partial charge in [-0.3, -0.25) is 19.4 Å². The average molecular weight is 458 g/mol. The van der Waals surface area contributed by atoms with E-state index in [1.807, 2.05) is 0 Å². The molecule has 0 aliphatic carbocycles. The molecule has 0 aromatic rings. The number of carbonyl (C=O) groups excluding carboxylic acids is 3. The molecule has 1 rings (SSSR count). The monoisotopic (exact) mass is 457 g/mol. The maximum Gasteiger partial charge on any atom is 0.326 e. The molecule has 0 aromatic heterocycles. The van der Waals surface area contributed by atoms with E-state index < -0.39 is 54.5 Å². The zero-order chi connectivity index (χ0) is 24.4. The first kappa shape index (κ1) is 27.1. The fraction of sp³-hybridized carbons (Fsp3) is 0.737. The average Bonchev–Trinajstić information content (AvgIpc) is 3.21. The smallest absolute Gasteiger partial charge is 0.326 e. The van der Waals surface area contributed by atoms with Gasteiger partial charge in [-0.15, -0.1) is 0 Å². The molecule has 1 fully saturated rings. The van der Waals surface area contributed by atoms with Crippen LogP contribution in [0.1, 0.15) is 39.5 Å². The second-order valence-corrected chi connectivity index (χ2v) is 8.06. The Balaban J connectivity index is 2.96. The number of nitrogens with zero attached hydrogens (tertiary/aromatic N) is 2. The van der Waals surface area contributed by atoms with Gasteiger partial charge in [-0.2, -0.15) is 0 Å². The maximum absolute atomic E-state index is 13.2. The van der Waals surface area contributed by atoms with Gasteiger partial charge in [0.2, 0.25) is 17.7 Å². The van der Waals surface area contributed by atoms with Crippen LogP contribution in [-0.2, 0) is 19.2 Å². The van der Waals surface area contributed by atoms with E-state index in [0.29, 0.717) is 19.3 Å². The van der Waals surface area contributed by atoms with Gasteiger partial charge in [0.1, 0.15) is 24.2 Å². The summed E-state index contributed by atoms with van der Waals surface area (Å²) in [6, 6.07) is -4.16. The van der Waals surface area contributed by atoms with E-state index in [4.69, 9.17) is 22.3 Å². The minimum Gasteiger partial charge on any atom is -0.480 e.